The van der Waals surface area contributed by atoms with Crippen molar-refractivity contribution in [1.82, 2.24) is 10.2 Å². The third-order valence-electron chi connectivity index (χ3n) is 5.92. The van der Waals surface area contributed by atoms with Crippen LogP contribution in [0, 0.1) is 0 Å². The van der Waals surface area contributed by atoms with Crippen LogP contribution in [-0.4, -0.2) is 32.3 Å². The first kappa shape index (κ1) is 24.3. The van der Waals surface area contributed by atoms with Gasteiger partial charge in [-0.1, -0.05) is 60.5 Å². The summed E-state index contributed by atoms with van der Waals surface area (Å²) in [6.45, 7) is 3.48. The minimum absolute atomic E-state index is 0.149. The average Bonchev–Trinajstić information content (AvgIpc) is 2.84. The molecule has 3 aromatic carbocycles. The van der Waals surface area contributed by atoms with Gasteiger partial charge in [-0.25, -0.2) is 8.42 Å². The highest BCUT2D eigenvalue weighted by molar-refractivity contribution is 7.92. The van der Waals surface area contributed by atoms with Crippen molar-refractivity contribution < 1.29 is 13.2 Å². The fraction of sp³-hybridized carbons (Fsp3) is 0.269. The van der Waals surface area contributed by atoms with Crippen LogP contribution in [0.5, 0.6) is 0 Å². The number of hydrogen-bond donors (Lipinski definition) is 2. The molecule has 3 aromatic rings. The van der Waals surface area contributed by atoms with E-state index in [-0.39, 0.29) is 27.1 Å². The summed E-state index contributed by atoms with van der Waals surface area (Å²) in [5.41, 5.74) is 2.86. The van der Waals surface area contributed by atoms with Crippen LogP contribution in [-0.2, 0) is 23.1 Å². The summed E-state index contributed by atoms with van der Waals surface area (Å²) >= 11 is 6.34. The molecule has 0 atom stereocenters. The highest BCUT2D eigenvalue weighted by Crippen LogP contribution is 2.24. The molecule has 0 saturated carbocycles. The summed E-state index contributed by atoms with van der Waals surface area (Å²) in [6.07, 6.45) is 3.76. The minimum atomic E-state index is -3.74. The Balaban J connectivity index is 1.40. The molecule has 0 aliphatic carbocycles. The molecule has 1 fully saturated rings. The van der Waals surface area contributed by atoms with E-state index in [1.807, 2.05) is 18.2 Å². The third-order valence-corrected chi connectivity index (χ3v) is 7.63. The van der Waals surface area contributed by atoms with Gasteiger partial charge in [0, 0.05) is 13.1 Å². The zero-order chi connectivity index (χ0) is 24.0. The molecular weight excluding hydrogens is 470 g/mol. The quantitative estimate of drug-likeness (QED) is 0.456. The highest BCUT2D eigenvalue weighted by Gasteiger charge is 2.17. The third kappa shape index (κ3) is 6.17. The molecule has 1 heterocycles. The molecule has 1 aliphatic heterocycles. The number of hydrogen-bond acceptors (Lipinski definition) is 4. The number of likely N-dealkylation sites (tertiary alicyclic amines) is 1. The summed E-state index contributed by atoms with van der Waals surface area (Å²) in [4.78, 5) is 15.4. The van der Waals surface area contributed by atoms with Crippen LogP contribution in [0.4, 0.5) is 5.69 Å². The van der Waals surface area contributed by atoms with E-state index in [0.717, 1.165) is 25.2 Å². The SMILES string of the molecule is O=C(NCc1ccccc1CN1CCCCC1)c1ccc(NS(=O)(=O)c2ccccc2)cc1Cl. The first-order chi connectivity index (χ1) is 16.4. The Bertz CT molecular complexity index is 1240. The highest BCUT2D eigenvalue weighted by atomic mass is 35.5. The average molecular weight is 498 g/mol. The maximum atomic E-state index is 12.8. The number of carbonyl (C=O) groups is 1. The van der Waals surface area contributed by atoms with Gasteiger partial charge in [-0.2, -0.15) is 0 Å². The molecule has 0 spiro atoms. The summed E-state index contributed by atoms with van der Waals surface area (Å²) < 4.78 is 27.6. The van der Waals surface area contributed by atoms with Gasteiger partial charge in [-0.05, 0) is 67.4 Å². The zero-order valence-electron chi connectivity index (χ0n) is 18.8. The Hall–Kier alpha value is -2.87. The van der Waals surface area contributed by atoms with Crippen LogP contribution in [0.1, 0.15) is 40.7 Å². The van der Waals surface area contributed by atoms with E-state index in [1.54, 1.807) is 18.2 Å². The van der Waals surface area contributed by atoms with Crippen molar-refractivity contribution in [2.24, 2.45) is 0 Å². The number of carbonyl (C=O) groups excluding carboxylic acids is 1. The maximum Gasteiger partial charge on any atom is 0.261 e. The van der Waals surface area contributed by atoms with Gasteiger partial charge < -0.3 is 5.32 Å². The van der Waals surface area contributed by atoms with Crippen LogP contribution >= 0.6 is 11.6 Å². The topological polar surface area (TPSA) is 78.5 Å². The number of anilines is 1. The van der Waals surface area contributed by atoms with Crippen LogP contribution in [0.3, 0.4) is 0 Å². The second kappa shape index (κ2) is 11.0. The van der Waals surface area contributed by atoms with Gasteiger partial charge in [0.1, 0.15) is 0 Å². The van der Waals surface area contributed by atoms with Gasteiger partial charge in [0.05, 0.1) is 21.2 Å². The van der Waals surface area contributed by atoms with Crippen molar-refractivity contribution in [3.05, 3.63) is 94.5 Å². The lowest BCUT2D eigenvalue weighted by molar-refractivity contribution is 0.0951. The number of piperidine rings is 1. The first-order valence-corrected chi connectivity index (χ1v) is 13.2. The Morgan fingerprint density at radius 3 is 2.26 bits per heavy atom. The molecule has 34 heavy (non-hydrogen) atoms. The normalized spacial score (nSPS) is 14.5. The lowest BCUT2D eigenvalue weighted by Crippen LogP contribution is -2.30. The van der Waals surface area contributed by atoms with E-state index in [0.29, 0.717) is 6.54 Å². The molecule has 0 unspecified atom stereocenters. The molecule has 2 N–H and O–H groups in total. The smallest absolute Gasteiger partial charge is 0.261 e. The van der Waals surface area contributed by atoms with Gasteiger partial charge in [-0.15, -0.1) is 0 Å². The van der Waals surface area contributed by atoms with Gasteiger partial charge in [-0.3, -0.25) is 14.4 Å². The number of nitrogens with zero attached hydrogens (tertiary/aromatic N) is 1. The Morgan fingerprint density at radius 1 is 0.882 bits per heavy atom. The van der Waals surface area contributed by atoms with Crippen molar-refractivity contribution in [3.63, 3.8) is 0 Å². The molecule has 0 bridgehead atoms. The number of sulfonamides is 1. The number of rotatable bonds is 8. The molecule has 4 rings (SSSR count). The van der Waals surface area contributed by atoms with Crippen molar-refractivity contribution in [2.45, 2.75) is 37.2 Å². The summed E-state index contributed by atoms with van der Waals surface area (Å²) in [5.74, 6) is -0.310. The lowest BCUT2D eigenvalue weighted by atomic mass is 10.0. The lowest BCUT2D eigenvalue weighted by Gasteiger charge is -2.27. The minimum Gasteiger partial charge on any atom is -0.348 e. The summed E-state index contributed by atoms with van der Waals surface area (Å²) in [5, 5.41) is 3.12. The number of amides is 1. The summed E-state index contributed by atoms with van der Waals surface area (Å²) in [6, 6.07) is 20.7. The van der Waals surface area contributed by atoms with Crippen molar-refractivity contribution in [1.29, 1.82) is 0 Å². The largest absolute Gasteiger partial charge is 0.348 e. The molecule has 1 amide bonds. The summed E-state index contributed by atoms with van der Waals surface area (Å²) in [7, 11) is -3.74. The number of benzene rings is 3. The second-order valence-electron chi connectivity index (χ2n) is 8.40. The van der Waals surface area contributed by atoms with Gasteiger partial charge in [0.15, 0.2) is 0 Å². The molecule has 0 aromatic heterocycles. The van der Waals surface area contributed by atoms with Crippen molar-refractivity contribution in [3.8, 4) is 0 Å². The van der Waals surface area contributed by atoms with Gasteiger partial charge >= 0.3 is 0 Å². The van der Waals surface area contributed by atoms with Crippen molar-refractivity contribution in [2.75, 3.05) is 17.8 Å². The maximum absolute atomic E-state index is 12.8. The van der Waals surface area contributed by atoms with Gasteiger partial charge in [0.25, 0.3) is 15.9 Å². The van der Waals surface area contributed by atoms with E-state index < -0.39 is 10.0 Å². The van der Waals surface area contributed by atoms with E-state index in [9.17, 15) is 13.2 Å². The van der Waals surface area contributed by atoms with Crippen LogP contribution in [0.2, 0.25) is 5.02 Å². The molecule has 1 saturated heterocycles. The monoisotopic (exact) mass is 497 g/mol. The van der Waals surface area contributed by atoms with E-state index in [2.05, 4.69) is 21.0 Å². The van der Waals surface area contributed by atoms with E-state index >= 15 is 0 Å². The Kier molecular flexibility index (Phi) is 7.88. The molecule has 6 nitrogen and oxygen atoms in total. The second-order valence-corrected chi connectivity index (χ2v) is 10.5. The molecule has 8 heteroatoms. The number of halogens is 1. The molecule has 1 aliphatic rings. The predicted molar refractivity (Wildman–Crippen MR) is 135 cm³/mol. The van der Waals surface area contributed by atoms with Crippen molar-refractivity contribution >= 4 is 33.2 Å². The molecule has 0 radical (unpaired) electrons. The molecular formula is C26H28ClN3O3S. The van der Waals surface area contributed by atoms with Crippen LogP contribution in [0.15, 0.2) is 77.7 Å². The van der Waals surface area contributed by atoms with Gasteiger partial charge in [0.2, 0.25) is 0 Å². The van der Waals surface area contributed by atoms with Crippen LogP contribution < -0.4 is 10.0 Å². The zero-order valence-corrected chi connectivity index (χ0v) is 20.4. The fourth-order valence-corrected chi connectivity index (χ4v) is 5.43. The number of nitrogens with one attached hydrogen (secondary N) is 2. The van der Waals surface area contributed by atoms with E-state index in [1.165, 1.54) is 55.2 Å². The fourth-order valence-electron chi connectivity index (χ4n) is 4.09. The predicted octanol–water partition coefficient (Wildman–Crippen LogP) is 5.06. The Labute approximate surface area is 206 Å². The molecule has 178 valence electrons. The van der Waals surface area contributed by atoms with Crippen LogP contribution in [0.25, 0.3) is 0 Å². The Morgan fingerprint density at radius 2 is 1.56 bits per heavy atom. The standard InChI is InChI=1S/C26H28ClN3O3S/c27-25-17-22(29-34(32,33)23-11-3-1-4-12-23)13-14-24(25)26(31)28-18-20-9-5-6-10-21(20)19-30-15-7-2-8-16-30/h1,3-6,9-14,17,29H,2,7-8,15-16,18-19H2,(H,28,31). The first-order valence-electron chi connectivity index (χ1n) is 11.4. The van der Waals surface area contributed by atoms with E-state index in [4.69, 9.17) is 11.6 Å².